The van der Waals surface area contributed by atoms with Gasteiger partial charge in [0.1, 0.15) is 0 Å². The van der Waals surface area contributed by atoms with Gasteiger partial charge in [-0.25, -0.2) is 0 Å². The van der Waals surface area contributed by atoms with E-state index in [0.29, 0.717) is 17.3 Å². The van der Waals surface area contributed by atoms with Crippen molar-refractivity contribution in [1.82, 2.24) is 5.32 Å². The van der Waals surface area contributed by atoms with Crippen LogP contribution in [0.4, 0.5) is 0 Å². The molecule has 0 aliphatic carbocycles. The van der Waals surface area contributed by atoms with Gasteiger partial charge in [-0.15, -0.1) is 0 Å². The van der Waals surface area contributed by atoms with Gasteiger partial charge >= 0.3 is 5.97 Å². The third kappa shape index (κ3) is 7.97. The molecule has 5 nitrogen and oxygen atoms in total. The molecule has 0 heterocycles. The molecule has 0 aromatic heterocycles. The first-order chi connectivity index (χ1) is 6.06. The highest BCUT2D eigenvalue weighted by molar-refractivity contribution is 14.1. The van der Waals surface area contributed by atoms with Gasteiger partial charge in [0.05, 0.1) is 10.6 Å². The number of hydrogen-bond acceptors (Lipinski definition) is 3. The molecule has 6 heteroatoms. The molecule has 0 bridgehead atoms. The molecule has 0 spiro atoms. The van der Waals surface area contributed by atoms with E-state index in [0.717, 1.165) is 0 Å². The van der Waals surface area contributed by atoms with Crippen molar-refractivity contribution in [2.75, 3.05) is 4.43 Å². The predicted octanol–water partition coefficient (Wildman–Crippen LogP) is 0.0773. The Balaban J connectivity index is 3.45. The molecule has 0 radical (unpaired) electrons. The molecule has 1 atom stereocenters. The van der Waals surface area contributed by atoms with Gasteiger partial charge in [-0.05, 0) is 12.8 Å². The van der Waals surface area contributed by atoms with Crippen molar-refractivity contribution >= 4 is 34.5 Å². The summed E-state index contributed by atoms with van der Waals surface area (Å²) >= 11 is 1.93. The number of hydrogen-bond donors (Lipinski definition) is 3. The molecule has 0 rings (SSSR count). The minimum absolute atomic E-state index is 0.0911. The lowest BCUT2D eigenvalue weighted by atomic mass is 10.2. The zero-order chi connectivity index (χ0) is 10.3. The van der Waals surface area contributed by atoms with Crippen LogP contribution in [-0.4, -0.2) is 27.6 Å². The van der Waals surface area contributed by atoms with Crippen LogP contribution in [0.2, 0.25) is 0 Å². The maximum absolute atomic E-state index is 10.8. The first kappa shape index (κ1) is 12.6. The van der Waals surface area contributed by atoms with Crippen LogP contribution < -0.4 is 11.1 Å². The van der Waals surface area contributed by atoms with Crippen molar-refractivity contribution in [1.29, 1.82) is 0 Å². The van der Waals surface area contributed by atoms with E-state index < -0.39 is 12.1 Å². The van der Waals surface area contributed by atoms with Gasteiger partial charge in [0.25, 0.3) is 0 Å². The molecule has 4 N–H and O–H groups in total. The molecule has 0 saturated heterocycles. The van der Waals surface area contributed by atoms with Crippen molar-refractivity contribution < 1.29 is 14.7 Å². The quantitative estimate of drug-likeness (QED) is 0.368. The monoisotopic (exact) mass is 300 g/mol. The Labute approximate surface area is 90.2 Å². The summed E-state index contributed by atoms with van der Waals surface area (Å²) in [5.41, 5.74) is 5.51. The Bertz CT molecular complexity index is 187. The molecular formula is C7H13IN2O3. The number of halogens is 1. The molecule has 1 unspecified atom stereocenters. The molecule has 0 aromatic rings. The molecule has 1 amide bonds. The Morgan fingerprint density at radius 1 is 1.54 bits per heavy atom. The second-order valence-corrected chi connectivity index (χ2v) is 3.36. The van der Waals surface area contributed by atoms with Crippen LogP contribution in [0.1, 0.15) is 19.3 Å². The van der Waals surface area contributed by atoms with Crippen LogP contribution in [-0.2, 0) is 9.59 Å². The summed E-state index contributed by atoms with van der Waals surface area (Å²) in [6.45, 7) is 0. The van der Waals surface area contributed by atoms with Gasteiger partial charge in [0.2, 0.25) is 5.91 Å². The number of amides is 1. The van der Waals surface area contributed by atoms with Crippen LogP contribution in [0.15, 0.2) is 0 Å². The number of nitrogens with one attached hydrogen (secondary N) is 1. The van der Waals surface area contributed by atoms with Gasteiger partial charge in [0.15, 0.2) is 0 Å². The average molecular weight is 300 g/mol. The molecule has 0 aromatic carbocycles. The van der Waals surface area contributed by atoms with Gasteiger partial charge in [0, 0.05) is 6.42 Å². The van der Waals surface area contributed by atoms with Crippen molar-refractivity contribution in [2.45, 2.75) is 25.4 Å². The number of alkyl halides is 1. The standard InChI is InChI=1S/C7H13IN2O3/c8-4-6(11)10-5(9)2-1-3-7(12)13/h5H,1-4,9H2,(H,10,11)(H,12,13). The number of nitrogens with two attached hydrogens (primary N) is 1. The van der Waals surface area contributed by atoms with Crippen LogP contribution in [0, 0.1) is 0 Å². The summed E-state index contributed by atoms with van der Waals surface area (Å²) in [4.78, 5) is 20.9. The topological polar surface area (TPSA) is 92.4 Å². The summed E-state index contributed by atoms with van der Waals surface area (Å²) < 4.78 is 0.365. The fourth-order valence-corrected chi connectivity index (χ4v) is 1.01. The first-order valence-electron chi connectivity index (χ1n) is 3.89. The Morgan fingerprint density at radius 3 is 2.62 bits per heavy atom. The number of carbonyl (C=O) groups is 2. The van der Waals surface area contributed by atoms with Gasteiger partial charge < -0.3 is 16.2 Å². The van der Waals surface area contributed by atoms with Crippen LogP contribution in [0.5, 0.6) is 0 Å². The van der Waals surface area contributed by atoms with Crippen LogP contribution in [0.25, 0.3) is 0 Å². The normalized spacial score (nSPS) is 12.2. The maximum Gasteiger partial charge on any atom is 0.303 e. The van der Waals surface area contributed by atoms with Gasteiger partial charge in [-0.3, -0.25) is 9.59 Å². The summed E-state index contributed by atoms with van der Waals surface area (Å²) in [5, 5.41) is 10.9. The lowest BCUT2D eigenvalue weighted by Crippen LogP contribution is -2.41. The van der Waals surface area contributed by atoms with Crippen LogP contribution >= 0.6 is 22.6 Å². The molecule has 13 heavy (non-hydrogen) atoms. The summed E-state index contributed by atoms with van der Waals surface area (Å²) in [6.07, 6.45) is 0.641. The second kappa shape index (κ2) is 7.07. The van der Waals surface area contributed by atoms with Crippen molar-refractivity contribution in [3.8, 4) is 0 Å². The average Bonchev–Trinajstić information content (AvgIpc) is 2.03. The third-order valence-corrected chi connectivity index (χ3v) is 2.07. The SMILES string of the molecule is NC(CCCC(=O)O)NC(=O)CI. The summed E-state index contributed by atoms with van der Waals surface area (Å²) in [7, 11) is 0. The number of carbonyl (C=O) groups excluding carboxylic acids is 1. The molecular weight excluding hydrogens is 287 g/mol. The molecule has 76 valence electrons. The van der Waals surface area contributed by atoms with Crippen molar-refractivity contribution in [3.63, 3.8) is 0 Å². The largest absolute Gasteiger partial charge is 0.481 e. The van der Waals surface area contributed by atoms with Crippen molar-refractivity contribution in [2.24, 2.45) is 5.73 Å². The molecule has 0 aliphatic heterocycles. The molecule has 0 aliphatic rings. The van der Waals surface area contributed by atoms with E-state index in [1.54, 1.807) is 0 Å². The van der Waals surface area contributed by atoms with E-state index in [1.165, 1.54) is 0 Å². The Hall–Kier alpha value is -0.370. The zero-order valence-corrected chi connectivity index (χ0v) is 9.28. The van der Waals surface area contributed by atoms with Crippen LogP contribution in [0.3, 0.4) is 0 Å². The molecule has 0 fully saturated rings. The number of carboxylic acid groups (broad SMARTS) is 1. The third-order valence-electron chi connectivity index (χ3n) is 1.37. The lowest BCUT2D eigenvalue weighted by Gasteiger charge is -2.11. The highest BCUT2D eigenvalue weighted by atomic mass is 127. The Kier molecular flexibility index (Phi) is 6.87. The fourth-order valence-electron chi connectivity index (χ4n) is 0.791. The maximum atomic E-state index is 10.8. The van der Waals surface area contributed by atoms with E-state index in [4.69, 9.17) is 10.8 Å². The highest BCUT2D eigenvalue weighted by Crippen LogP contribution is 1.97. The summed E-state index contributed by atoms with van der Waals surface area (Å²) in [6, 6.07) is 0. The van der Waals surface area contributed by atoms with Gasteiger partial charge in [-0.1, -0.05) is 22.6 Å². The second-order valence-electron chi connectivity index (χ2n) is 2.59. The Morgan fingerprint density at radius 2 is 2.15 bits per heavy atom. The predicted molar refractivity (Wildman–Crippen MR) is 56.5 cm³/mol. The van der Waals surface area contributed by atoms with E-state index in [-0.39, 0.29) is 12.3 Å². The number of rotatable bonds is 6. The smallest absolute Gasteiger partial charge is 0.303 e. The number of carboxylic acids is 1. The van der Waals surface area contributed by atoms with Gasteiger partial charge in [-0.2, -0.15) is 0 Å². The first-order valence-corrected chi connectivity index (χ1v) is 5.41. The van der Waals surface area contributed by atoms with E-state index in [2.05, 4.69) is 5.32 Å². The van der Waals surface area contributed by atoms with E-state index in [9.17, 15) is 9.59 Å². The highest BCUT2D eigenvalue weighted by Gasteiger charge is 2.06. The van der Waals surface area contributed by atoms with E-state index in [1.807, 2.05) is 22.6 Å². The van der Waals surface area contributed by atoms with Crippen molar-refractivity contribution in [3.05, 3.63) is 0 Å². The zero-order valence-electron chi connectivity index (χ0n) is 7.12. The van der Waals surface area contributed by atoms with E-state index >= 15 is 0 Å². The fraction of sp³-hybridized carbons (Fsp3) is 0.714. The minimum atomic E-state index is -0.840. The minimum Gasteiger partial charge on any atom is -0.481 e. The number of aliphatic carboxylic acids is 1. The molecule has 0 saturated carbocycles. The lowest BCUT2D eigenvalue weighted by molar-refractivity contribution is -0.137. The summed E-state index contributed by atoms with van der Waals surface area (Å²) in [5.74, 6) is -0.962.